The summed E-state index contributed by atoms with van der Waals surface area (Å²) >= 11 is 0. The van der Waals surface area contributed by atoms with Crippen LogP contribution in [0.3, 0.4) is 0 Å². The zero-order valence-corrected chi connectivity index (χ0v) is 23.4. The molecule has 3 unspecified atom stereocenters. The van der Waals surface area contributed by atoms with Crippen LogP contribution in [-0.4, -0.2) is 14.1 Å². The van der Waals surface area contributed by atoms with Gasteiger partial charge in [-0.25, -0.2) is 0 Å². The molecule has 8 rings (SSSR count). The first-order valence-electron chi connectivity index (χ1n) is 14.4. The minimum Gasteiger partial charge on any atom is -0.351 e. The van der Waals surface area contributed by atoms with Crippen LogP contribution in [0.15, 0.2) is 116 Å². The number of hydrogen-bond donors (Lipinski definition) is 1. The van der Waals surface area contributed by atoms with E-state index in [1.807, 2.05) is 48.8 Å². The normalized spacial score (nSPS) is 18.4. The maximum Gasteiger partial charge on any atom is 0.109 e. The first kappa shape index (κ1) is 24.9. The van der Waals surface area contributed by atoms with Crippen molar-refractivity contribution in [2.75, 3.05) is 0 Å². The van der Waals surface area contributed by atoms with Gasteiger partial charge < -0.3 is 9.88 Å². The molecule has 4 heterocycles. The van der Waals surface area contributed by atoms with Crippen LogP contribution < -0.4 is 5.32 Å². The predicted octanol–water partition coefficient (Wildman–Crippen LogP) is 8.06. The molecule has 6 heteroatoms. The van der Waals surface area contributed by atoms with Crippen molar-refractivity contribution in [1.29, 1.82) is 10.5 Å². The van der Waals surface area contributed by atoms with Gasteiger partial charge in [0.2, 0.25) is 0 Å². The van der Waals surface area contributed by atoms with Crippen molar-refractivity contribution in [3.63, 3.8) is 0 Å². The summed E-state index contributed by atoms with van der Waals surface area (Å²) in [5.74, 6) is 0.957. The summed E-state index contributed by atoms with van der Waals surface area (Å²) in [5.41, 5.74) is 6.58. The van der Waals surface area contributed by atoms with Gasteiger partial charge >= 0.3 is 0 Å². The number of aromatic nitrogens is 3. The van der Waals surface area contributed by atoms with Gasteiger partial charge in [-0.2, -0.15) is 10.5 Å². The van der Waals surface area contributed by atoms with Crippen LogP contribution in [0, 0.1) is 28.6 Å². The molecule has 0 saturated heterocycles. The highest BCUT2D eigenvalue weighted by Crippen LogP contribution is 2.44. The Labute approximate surface area is 248 Å². The van der Waals surface area contributed by atoms with E-state index in [2.05, 4.69) is 105 Å². The lowest BCUT2D eigenvalue weighted by molar-refractivity contribution is 0.296. The fourth-order valence-electron chi connectivity index (χ4n) is 7.00. The SMILES string of the molecule is CC1C(c2ccccc2C#N)C=C(n2c3ccccc3c3ccncc32)NC1n1c2ccccc2c2cc(C#N)ccc21. The predicted molar refractivity (Wildman–Crippen MR) is 171 cm³/mol. The van der Waals surface area contributed by atoms with Crippen molar-refractivity contribution >= 4 is 49.4 Å². The number of nitriles is 2. The number of nitrogens with zero attached hydrogens (tertiary/aromatic N) is 5. The maximum absolute atomic E-state index is 10.1. The number of fused-ring (bicyclic) bond motifs is 6. The van der Waals surface area contributed by atoms with E-state index in [1.54, 1.807) is 0 Å². The van der Waals surface area contributed by atoms with Gasteiger partial charge in [-0.05, 0) is 54.1 Å². The third-order valence-corrected chi connectivity index (χ3v) is 8.97. The van der Waals surface area contributed by atoms with Gasteiger partial charge in [-0.3, -0.25) is 9.55 Å². The third-order valence-electron chi connectivity index (χ3n) is 8.97. The summed E-state index contributed by atoms with van der Waals surface area (Å²) in [4.78, 5) is 4.50. The molecule has 1 aliphatic heterocycles. The van der Waals surface area contributed by atoms with Crippen LogP contribution in [0.4, 0.5) is 0 Å². The minimum absolute atomic E-state index is 0.0559. The van der Waals surface area contributed by atoms with Crippen LogP contribution >= 0.6 is 0 Å². The van der Waals surface area contributed by atoms with Crippen LogP contribution in [0.2, 0.25) is 0 Å². The second kappa shape index (κ2) is 9.62. The number of nitrogens with one attached hydrogen (secondary N) is 1. The molecule has 204 valence electrons. The van der Waals surface area contributed by atoms with E-state index in [0.29, 0.717) is 11.1 Å². The van der Waals surface area contributed by atoms with E-state index in [0.717, 1.165) is 55.0 Å². The topological polar surface area (TPSA) is 82.4 Å². The molecule has 3 atom stereocenters. The summed E-state index contributed by atoms with van der Waals surface area (Å²) in [7, 11) is 0. The van der Waals surface area contributed by atoms with Crippen molar-refractivity contribution in [3.05, 3.63) is 132 Å². The first-order valence-corrected chi connectivity index (χ1v) is 14.4. The lowest BCUT2D eigenvalue weighted by Gasteiger charge is -2.39. The molecule has 0 fully saturated rings. The summed E-state index contributed by atoms with van der Waals surface area (Å²) in [5, 5.41) is 28.2. The highest BCUT2D eigenvalue weighted by Gasteiger charge is 2.36. The van der Waals surface area contributed by atoms with Crippen molar-refractivity contribution in [3.8, 4) is 12.1 Å². The number of rotatable bonds is 3. The Bertz CT molecular complexity index is 2290. The molecule has 0 spiro atoms. The summed E-state index contributed by atoms with van der Waals surface area (Å²) in [6.45, 7) is 2.25. The van der Waals surface area contributed by atoms with Crippen LogP contribution in [0.1, 0.15) is 35.7 Å². The number of pyridine rings is 1. The Morgan fingerprint density at radius 3 is 2.23 bits per heavy atom. The van der Waals surface area contributed by atoms with Crippen molar-refractivity contribution in [2.24, 2.45) is 5.92 Å². The Balaban J connectivity index is 1.43. The van der Waals surface area contributed by atoms with Gasteiger partial charge in [0.15, 0.2) is 0 Å². The second-order valence-corrected chi connectivity index (χ2v) is 11.2. The maximum atomic E-state index is 10.1. The van der Waals surface area contributed by atoms with Crippen molar-refractivity contribution in [2.45, 2.75) is 19.0 Å². The largest absolute Gasteiger partial charge is 0.351 e. The summed E-state index contributed by atoms with van der Waals surface area (Å²) in [6, 6.07) is 37.5. The zero-order chi connectivity index (χ0) is 29.1. The fraction of sp³-hybridized carbons (Fsp3) is 0.108. The van der Waals surface area contributed by atoms with Crippen LogP contribution in [0.25, 0.3) is 49.4 Å². The number of allylic oxidation sites excluding steroid dienone is 1. The zero-order valence-electron chi connectivity index (χ0n) is 23.4. The molecule has 0 amide bonds. The van der Waals surface area contributed by atoms with E-state index < -0.39 is 0 Å². The lowest BCUT2D eigenvalue weighted by atomic mass is 9.80. The first-order chi connectivity index (χ1) is 21.2. The van der Waals surface area contributed by atoms with Gasteiger partial charge in [0.1, 0.15) is 12.0 Å². The quantitative estimate of drug-likeness (QED) is 0.239. The third kappa shape index (κ3) is 3.67. The summed E-state index contributed by atoms with van der Waals surface area (Å²) < 4.78 is 4.64. The summed E-state index contributed by atoms with van der Waals surface area (Å²) in [6.07, 6.45) is 5.87. The highest BCUT2D eigenvalue weighted by molar-refractivity contribution is 6.10. The molecule has 43 heavy (non-hydrogen) atoms. The molecule has 6 nitrogen and oxygen atoms in total. The van der Waals surface area contributed by atoms with Crippen molar-refractivity contribution in [1.82, 2.24) is 19.4 Å². The standard InChI is InChI=1S/C37H26N6/c1-23-30(26-9-3-2-8-25(26)21-39)19-36(42-32-12-6-4-10-27(32)29-16-17-40-22-35(29)42)41-37(23)43-33-13-7-5-11-28(33)31-18-24(20-38)14-15-34(31)43/h2-19,22-23,30,37,41H,1H3. The molecule has 4 aromatic carbocycles. The molecule has 0 saturated carbocycles. The van der Waals surface area contributed by atoms with E-state index in [1.165, 1.54) is 0 Å². The monoisotopic (exact) mass is 554 g/mol. The molecule has 7 aromatic rings. The van der Waals surface area contributed by atoms with Gasteiger partial charge in [-0.15, -0.1) is 0 Å². The van der Waals surface area contributed by atoms with Gasteiger partial charge in [0, 0.05) is 39.6 Å². The molecule has 0 radical (unpaired) electrons. The number of hydrogen-bond acceptors (Lipinski definition) is 4. The Morgan fingerprint density at radius 1 is 0.721 bits per heavy atom. The Kier molecular flexibility index (Phi) is 5.57. The molecule has 0 bridgehead atoms. The van der Waals surface area contributed by atoms with Gasteiger partial charge in [0.05, 0.1) is 51.5 Å². The van der Waals surface area contributed by atoms with E-state index in [9.17, 15) is 10.5 Å². The average Bonchev–Trinajstić information content (AvgIpc) is 3.57. The second-order valence-electron chi connectivity index (χ2n) is 11.2. The Morgan fingerprint density at radius 2 is 1.42 bits per heavy atom. The number of para-hydroxylation sites is 2. The van der Waals surface area contributed by atoms with Gasteiger partial charge in [-0.1, -0.05) is 61.5 Å². The average molecular weight is 555 g/mol. The highest BCUT2D eigenvalue weighted by atomic mass is 15.3. The fourth-order valence-corrected chi connectivity index (χ4v) is 7.00. The molecule has 0 aliphatic carbocycles. The van der Waals surface area contributed by atoms with E-state index in [4.69, 9.17) is 0 Å². The van der Waals surface area contributed by atoms with Crippen LogP contribution in [-0.2, 0) is 0 Å². The van der Waals surface area contributed by atoms with Crippen LogP contribution in [0.5, 0.6) is 0 Å². The van der Waals surface area contributed by atoms with E-state index in [-0.39, 0.29) is 18.0 Å². The van der Waals surface area contributed by atoms with Crippen molar-refractivity contribution < 1.29 is 0 Å². The molecule has 1 aliphatic rings. The Hall–Kier alpha value is -5.85. The molecular weight excluding hydrogens is 528 g/mol. The lowest BCUT2D eigenvalue weighted by Crippen LogP contribution is -2.39. The molecule has 1 N–H and O–H groups in total. The van der Waals surface area contributed by atoms with Gasteiger partial charge in [0.25, 0.3) is 0 Å². The number of benzene rings is 4. The minimum atomic E-state index is -0.167. The van der Waals surface area contributed by atoms with E-state index >= 15 is 0 Å². The molecular formula is C37H26N6. The smallest absolute Gasteiger partial charge is 0.109 e. The molecule has 3 aromatic heterocycles.